The van der Waals surface area contributed by atoms with Crippen molar-refractivity contribution in [2.24, 2.45) is 5.73 Å². The molecule has 0 spiro atoms. The van der Waals surface area contributed by atoms with Gasteiger partial charge >= 0.3 is 6.03 Å². The van der Waals surface area contributed by atoms with E-state index in [1.54, 1.807) is 10.3 Å². The Labute approximate surface area is 168 Å². The zero-order valence-corrected chi connectivity index (χ0v) is 16.5. The zero-order valence-electron chi connectivity index (χ0n) is 14.9. The van der Waals surface area contributed by atoms with Crippen molar-refractivity contribution in [3.05, 3.63) is 46.4 Å². The van der Waals surface area contributed by atoms with E-state index in [9.17, 15) is 9.59 Å². The van der Waals surface area contributed by atoms with Gasteiger partial charge in [-0.3, -0.25) is 4.79 Å². The van der Waals surface area contributed by atoms with Gasteiger partial charge in [-0.25, -0.2) is 9.78 Å². The number of hydrogen-bond donors (Lipinski definition) is 3. The van der Waals surface area contributed by atoms with Crippen molar-refractivity contribution in [3.63, 3.8) is 0 Å². The molecule has 1 aromatic heterocycles. The standard InChI is InChI=1S/C18H23N5O2S.ClH/c19-9-6-16-22-15(12-26-16)17(24)20-14-7-10-23(11-8-14)18(25)21-13-4-2-1-3-5-13;/h1-5,12,14H,6-11,19H2,(H,20,24)(H,21,25);1H. The van der Waals surface area contributed by atoms with E-state index in [0.29, 0.717) is 31.7 Å². The molecule has 7 nitrogen and oxygen atoms in total. The maximum atomic E-state index is 12.3. The van der Waals surface area contributed by atoms with Gasteiger partial charge in [-0.1, -0.05) is 18.2 Å². The summed E-state index contributed by atoms with van der Waals surface area (Å²) in [6.45, 7) is 1.75. The molecule has 2 heterocycles. The van der Waals surface area contributed by atoms with Crippen LogP contribution in [-0.2, 0) is 6.42 Å². The van der Waals surface area contributed by atoms with Gasteiger partial charge in [0.05, 0.1) is 5.01 Å². The number of thiazole rings is 1. The average molecular weight is 410 g/mol. The third kappa shape index (κ3) is 5.92. The van der Waals surface area contributed by atoms with Crippen molar-refractivity contribution in [2.45, 2.75) is 25.3 Å². The van der Waals surface area contributed by atoms with Crippen LogP contribution in [0.2, 0.25) is 0 Å². The van der Waals surface area contributed by atoms with Crippen LogP contribution in [0.3, 0.4) is 0 Å². The lowest BCUT2D eigenvalue weighted by molar-refractivity contribution is 0.0914. The first-order valence-electron chi connectivity index (χ1n) is 8.72. The number of nitrogens with one attached hydrogen (secondary N) is 2. The number of carbonyl (C=O) groups is 2. The molecular weight excluding hydrogens is 386 g/mol. The first-order valence-corrected chi connectivity index (χ1v) is 9.60. The summed E-state index contributed by atoms with van der Waals surface area (Å²) in [5.41, 5.74) is 6.74. The Kier molecular flexibility index (Phi) is 8.02. The highest BCUT2D eigenvalue weighted by Gasteiger charge is 2.24. The van der Waals surface area contributed by atoms with Gasteiger partial charge in [-0.05, 0) is 31.5 Å². The van der Waals surface area contributed by atoms with Gasteiger partial charge in [0.1, 0.15) is 5.69 Å². The number of anilines is 1. The Morgan fingerprint density at radius 3 is 2.59 bits per heavy atom. The topological polar surface area (TPSA) is 100 Å². The minimum Gasteiger partial charge on any atom is -0.348 e. The highest BCUT2D eigenvalue weighted by atomic mass is 35.5. The SMILES string of the molecule is Cl.NCCc1nc(C(=O)NC2CCN(C(=O)Nc3ccccc3)CC2)cs1. The molecule has 9 heteroatoms. The summed E-state index contributed by atoms with van der Waals surface area (Å²) in [5.74, 6) is -0.156. The van der Waals surface area contributed by atoms with Crippen LogP contribution in [0.25, 0.3) is 0 Å². The van der Waals surface area contributed by atoms with Crippen molar-refractivity contribution in [3.8, 4) is 0 Å². The molecular formula is C18H24ClN5O2S. The van der Waals surface area contributed by atoms with Crippen LogP contribution in [-0.4, -0.2) is 47.5 Å². The van der Waals surface area contributed by atoms with Crippen LogP contribution < -0.4 is 16.4 Å². The number of amides is 3. The second-order valence-corrected chi connectivity index (χ2v) is 7.14. The fourth-order valence-electron chi connectivity index (χ4n) is 2.86. The molecule has 146 valence electrons. The lowest BCUT2D eigenvalue weighted by Crippen LogP contribution is -2.47. The van der Waals surface area contributed by atoms with Gasteiger partial charge in [-0.2, -0.15) is 0 Å². The summed E-state index contributed by atoms with van der Waals surface area (Å²) in [4.78, 5) is 30.7. The quantitative estimate of drug-likeness (QED) is 0.706. The third-order valence-corrected chi connectivity index (χ3v) is 5.19. The number of aromatic nitrogens is 1. The van der Waals surface area contributed by atoms with E-state index in [-0.39, 0.29) is 30.4 Å². The molecule has 1 aromatic carbocycles. The molecule has 0 saturated carbocycles. The first-order chi connectivity index (χ1) is 12.7. The van der Waals surface area contributed by atoms with Crippen LogP contribution in [0, 0.1) is 0 Å². The Hall–Kier alpha value is -2.16. The van der Waals surface area contributed by atoms with E-state index in [1.807, 2.05) is 30.3 Å². The van der Waals surface area contributed by atoms with Crippen LogP contribution in [0.4, 0.5) is 10.5 Å². The van der Waals surface area contributed by atoms with Gasteiger partial charge in [0.2, 0.25) is 0 Å². The fourth-order valence-corrected chi connectivity index (χ4v) is 3.66. The number of piperidine rings is 1. The molecule has 0 unspecified atom stereocenters. The number of nitrogens with two attached hydrogens (primary N) is 1. The summed E-state index contributed by atoms with van der Waals surface area (Å²) in [6, 6.07) is 9.35. The number of likely N-dealkylation sites (tertiary alicyclic amines) is 1. The van der Waals surface area contributed by atoms with E-state index in [4.69, 9.17) is 5.73 Å². The maximum absolute atomic E-state index is 12.3. The number of halogens is 1. The van der Waals surface area contributed by atoms with Crippen molar-refractivity contribution >= 4 is 41.4 Å². The largest absolute Gasteiger partial charge is 0.348 e. The molecule has 4 N–H and O–H groups in total. The number of rotatable bonds is 5. The molecule has 1 saturated heterocycles. The number of benzene rings is 1. The summed E-state index contributed by atoms with van der Waals surface area (Å²) >= 11 is 1.46. The average Bonchev–Trinajstić information content (AvgIpc) is 3.12. The molecule has 0 aliphatic carbocycles. The van der Waals surface area contributed by atoms with E-state index in [0.717, 1.165) is 23.5 Å². The first kappa shape index (κ1) is 21.1. The van der Waals surface area contributed by atoms with E-state index in [2.05, 4.69) is 15.6 Å². The summed E-state index contributed by atoms with van der Waals surface area (Å²) in [6.07, 6.45) is 2.15. The number of carbonyl (C=O) groups excluding carboxylic acids is 2. The number of urea groups is 1. The summed E-state index contributed by atoms with van der Waals surface area (Å²) < 4.78 is 0. The second kappa shape index (κ2) is 10.2. The minimum absolute atomic E-state index is 0. The van der Waals surface area contributed by atoms with Gasteiger partial charge in [-0.15, -0.1) is 23.7 Å². The monoisotopic (exact) mass is 409 g/mol. The number of nitrogens with zero attached hydrogens (tertiary/aromatic N) is 2. The zero-order chi connectivity index (χ0) is 18.4. The Balaban J connectivity index is 0.00000261. The van der Waals surface area contributed by atoms with Crippen molar-refractivity contribution in [1.29, 1.82) is 0 Å². The van der Waals surface area contributed by atoms with Crippen molar-refractivity contribution in [1.82, 2.24) is 15.2 Å². The molecule has 27 heavy (non-hydrogen) atoms. The molecule has 1 fully saturated rings. The number of para-hydroxylation sites is 1. The van der Waals surface area contributed by atoms with E-state index in [1.165, 1.54) is 11.3 Å². The predicted octanol–water partition coefficient (Wildman–Crippen LogP) is 2.49. The maximum Gasteiger partial charge on any atom is 0.321 e. The lowest BCUT2D eigenvalue weighted by atomic mass is 10.1. The minimum atomic E-state index is -0.156. The van der Waals surface area contributed by atoms with Crippen molar-refractivity contribution < 1.29 is 9.59 Å². The molecule has 0 bridgehead atoms. The highest BCUT2D eigenvalue weighted by Crippen LogP contribution is 2.15. The summed E-state index contributed by atoms with van der Waals surface area (Å²) in [5, 5.41) is 8.55. The van der Waals surface area contributed by atoms with Crippen LogP contribution >= 0.6 is 23.7 Å². The Morgan fingerprint density at radius 2 is 1.93 bits per heavy atom. The molecule has 2 aromatic rings. The molecule has 1 aliphatic rings. The Morgan fingerprint density at radius 1 is 1.22 bits per heavy atom. The predicted molar refractivity (Wildman–Crippen MR) is 110 cm³/mol. The molecule has 0 radical (unpaired) electrons. The normalized spacial score (nSPS) is 14.3. The van der Waals surface area contributed by atoms with Crippen LogP contribution in [0.1, 0.15) is 28.3 Å². The van der Waals surface area contributed by atoms with Gasteiger partial charge in [0.25, 0.3) is 5.91 Å². The molecule has 3 amide bonds. The van der Waals surface area contributed by atoms with Gasteiger partial charge < -0.3 is 21.3 Å². The van der Waals surface area contributed by atoms with E-state index < -0.39 is 0 Å². The lowest BCUT2D eigenvalue weighted by Gasteiger charge is -2.32. The van der Waals surface area contributed by atoms with Crippen LogP contribution in [0.5, 0.6) is 0 Å². The Bertz CT molecular complexity index is 747. The fraction of sp³-hybridized carbons (Fsp3) is 0.389. The van der Waals surface area contributed by atoms with Crippen LogP contribution in [0.15, 0.2) is 35.7 Å². The smallest absolute Gasteiger partial charge is 0.321 e. The van der Waals surface area contributed by atoms with E-state index >= 15 is 0 Å². The molecule has 3 rings (SSSR count). The van der Waals surface area contributed by atoms with Crippen molar-refractivity contribution in [2.75, 3.05) is 25.0 Å². The van der Waals surface area contributed by atoms with Gasteiger partial charge in [0.15, 0.2) is 0 Å². The summed E-state index contributed by atoms with van der Waals surface area (Å²) in [7, 11) is 0. The molecule has 1 aliphatic heterocycles. The third-order valence-electron chi connectivity index (χ3n) is 4.29. The molecule has 0 atom stereocenters. The second-order valence-electron chi connectivity index (χ2n) is 6.20. The van der Waals surface area contributed by atoms with Gasteiger partial charge in [0, 0.05) is 36.6 Å². The highest BCUT2D eigenvalue weighted by molar-refractivity contribution is 7.09. The number of hydrogen-bond acceptors (Lipinski definition) is 5.